The Morgan fingerprint density at radius 2 is 1.94 bits per heavy atom. The van der Waals surface area contributed by atoms with Crippen molar-refractivity contribution in [1.82, 2.24) is 9.97 Å². The molecule has 0 aliphatic carbocycles. The van der Waals surface area contributed by atoms with Crippen molar-refractivity contribution < 1.29 is 4.39 Å². The predicted molar refractivity (Wildman–Crippen MR) is 64.3 cm³/mol. The molecule has 0 unspecified atom stereocenters. The third-order valence-electron chi connectivity index (χ3n) is 2.36. The first-order valence-corrected chi connectivity index (χ1v) is 4.98. The Morgan fingerprint density at radius 1 is 1.24 bits per heavy atom. The van der Waals surface area contributed by atoms with Crippen molar-refractivity contribution >= 4 is 17.3 Å². The number of rotatable bonds is 3. The summed E-state index contributed by atoms with van der Waals surface area (Å²) in [5, 5.41) is 0. The molecule has 0 saturated heterocycles. The molecule has 3 N–H and O–H groups in total. The van der Waals surface area contributed by atoms with E-state index in [0.29, 0.717) is 11.6 Å². The topological polar surface area (TPSA) is 67.1 Å². The fourth-order valence-corrected chi connectivity index (χ4v) is 1.41. The lowest BCUT2D eigenvalue weighted by Gasteiger charge is -2.18. The van der Waals surface area contributed by atoms with E-state index in [1.165, 1.54) is 18.5 Å². The van der Waals surface area contributed by atoms with Gasteiger partial charge >= 0.3 is 0 Å². The van der Waals surface area contributed by atoms with E-state index in [0.717, 1.165) is 5.69 Å². The van der Waals surface area contributed by atoms with Gasteiger partial charge in [-0.25, -0.2) is 20.2 Å². The van der Waals surface area contributed by atoms with Gasteiger partial charge in [-0.3, -0.25) is 0 Å². The Labute approximate surface area is 98.1 Å². The van der Waals surface area contributed by atoms with E-state index in [9.17, 15) is 4.39 Å². The van der Waals surface area contributed by atoms with Gasteiger partial charge in [-0.05, 0) is 24.3 Å². The average Bonchev–Trinajstić information content (AvgIpc) is 2.39. The third kappa shape index (κ3) is 2.48. The standard InChI is InChI=1S/C11H12FN5/c1-17(9-4-2-8(12)3-5-9)11-6-10(16-13)14-7-15-11/h2-7H,13H2,1H3,(H,14,15,16). The molecule has 0 bridgehead atoms. The molecule has 0 radical (unpaired) electrons. The molecular weight excluding hydrogens is 221 g/mol. The Balaban J connectivity index is 2.29. The second-order valence-corrected chi connectivity index (χ2v) is 3.44. The molecule has 0 aliphatic rings. The monoisotopic (exact) mass is 233 g/mol. The Hall–Kier alpha value is -2.21. The first-order valence-electron chi connectivity index (χ1n) is 4.98. The molecule has 0 amide bonds. The molecule has 0 atom stereocenters. The number of nitrogens with one attached hydrogen (secondary N) is 1. The summed E-state index contributed by atoms with van der Waals surface area (Å²) in [7, 11) is 1.83. The van der Waals surface area contributed by atoms with Gasteiger partial charge in [0.1, 0.15) is 23.8 Å². The lowest BCUT2D eigenvalue weighted by Crippen LogP contribution is -2.14. The van der Waals surface area contributed by atoms with Crippen LogP contribution in [0, 0.1) is 5.82 Å². The highest BCUT2D eigenvalue weighted by molar-refractivity contribution is 5.61. The number of hydrogen-bond acceptors (Lipinski definition) is 5. The molecule has 17 heavy (non-hydrogen) atoms. The molecule has 2 rings (SSSR count). The fourth-order valence-electron chi connectivity index (χ4n) is 1.41. The van der Waals surface area contributed by atoms with Crippen molar-refractivity contribution in [3.05, 3.63) is 42.5 Å². The number of hydrogen-bond donors (Lipinski definition) is 2. The molecule has 1 aromatic carbocycles. The van der Waals surface area contributed by atoms with Crippen molar-refractivity contribution in [2.45, 2.75) is 0 Å². The van der Waals surface area contributed by atoms with Gasteiger partial charge in [0.15, 0.2) is 0 Å². The van der Waals surface area contributed by atoms with E-state index in [1.54, 1.807) is 18.2 Å². The summed E-state index contributed by atoms with van der Waals surface area (Å²) in [6, 6.07) is 7.84. The number of nitrogen functional groups attached to an aromatic ring is 1. The minimum atomic E-state index is -0.269. The van der Waals surface area contributed by atoms with Crippen LogP contribution in [0.4, 0.5) is 21.7 Å². The highest BCUT2D eigenvalue weighted by Gasteiger charge is 2.06. The largest absolute Gasteiger partial charge is 0.329 e. The number of nitrogens with zero attached hydrogens (tertiary/aromatic N) is 3. The summed E-state index contributed by atoms with van der Waals surface area (Å²) in [5.41, 5.74) is 3.27. The van der Waals surface area contributed by atoms with Crippen molar-refractivity contribution in [3.8, 4) is 0 Å². The lowest BCUT2D eigenvalue weighted by atomic mass is 10.3. The normalized spacial score (nSPS) is 10.1. The first-order chi connectivity index (χ1) is 8.20. The second kappa shape index (κ2) is 4.75. The quantitative estimate of drug-likeness (QED) is 0.623. The predicted octanol–water partition coefficient (Wildman–Crippen LogP) is 1.67. The number of anilines is 3. The van der Waals surface area contributed by atoms with Gasteiger partial charge in [0.25, 0.3) is 0 Å². The number of hydrazine groups is 1. The smallest absolute Gasteiger partial charge is 0.145 e. The van der Waals surface area contributed by atoms with Crippen molar-refractivity contribution in [2.24, 2.45) is 5.84 Å². The van der Waals surface area contributed by atoms with Crippen LogP contribution in [-0.4, -0.2) is 17.0 Å². The van der Waals surface area contributed by atoms with Crippen molar-refractivity contribution in [2.75, 3.05) is 17.4 Å². The van der Waals surface area contributed by atoms with Crippen LogP contribution in [0.3, 0.4) is 0 Å². The van der Waals surface area contributed by atoms with Gasteiger partial charge in [-0.2, -0.15) is 0 Å². The maximum absolute atomic E-state index is 12.8. The van der Waals surface area contributed by atoms with Gasteiger partial charge in [0, 0.05) is 18.8 Å². The van der Waals surface area contributed by atoms with Crippen LogP contribution in [-0.2, 0) is 0 Å². The summed E-state index contributed by atoms with van der Waals surface area (Å²) < 4.78 is 12.8. The van der Waals surface area contributed by atoms with E-state index in [4.69, 9.17) is 5.84 Å². The van der Waals surface area contributed by atoms with Crippen molar-refractivity contribution in [1.29, 1.82) is 0 Å². The zero-order valence-corrected chi connectivity index (χ0v) is 9.26. The molecule has 2 aromatic rings. The average molecular weight is 233 g/mol. The Bertz CT molecular complexity index is 499. The Morgan fingerprint density at radius 3 is 2.59 bits per heavy atom. The number of benzene rings is 1. The highest BCUT2D eigenvalue weighted by Crippen LogP contribution is 2.22. The molecule has 0 aliphatic heterocycles. The molecule has 0 saturated carbocycles. The maximum Gasteiger partial charge on any atom is 0.145 e. The van der Waals surface area contributed by atoms with Crippen LogP contribution in [0.5, 0.6) is 0 Å². The van der Waals surface area contributed by atoms with Crippen LogP contribution in [0.2, 0.25) is 0 Å². The zero-order chi connectivity index (χ0) is 12.3. The van der Waals surface area contributed by atoms with E-state index in [1.807, 2.05) is 11.9 Å². The van der Waals surface area contributed by atoms with Crippen LogP contribution in [0.25, 0.3) is 0 Å². The molecule has 5 nitrogen and oxygen atoms in total. The van der Waals surface area contributed by atoms with Crippen LogP contribution < -0.4 is 16.2 Å². The van der Waals surface area contributed by atoms with Gasteiger partial charge < -0.3 is 10.3 Å². The minimum absolute atomic E-state index is 0.269. The SMILES string of the molecule is CN(c1ccc(F)cc1)c1cc(NN)ncn1. The molecule has 1 heterocycles. The lowest BCUT2D eigenvalue weighted by molar-refractivity contribution is 0.628. The number of nitrogens with two attached hydrogens (primary N) is 1. The first kappa shape index (κ1) is 11.3. The minimum Gasteiger partial charge on any atom is -0.329 e. The van der Waals surface area contributed by atoms with Gasteiger partial charge in [-0.15, -0.1) is 0 Å². The van der Waals surface area contributed by atoms with E-state index in [-0.39, 0.29) is 5.82 Å². The summed E-state index contributed by atoms with van der Waals surface area (Å²) in [6.45, 7) is 0. The summed E-state index contributed by atoms with van der Waals surface area (Å²) in [4.78, 5) is 9.83. The summed E-state index contributed by atoms with van der Waals surface area (Å²) >= 11 is 0. The third-order valence-corrected chi connectivity index (χ3v) is 2.36. The molecule has 0 fully saturated rings. The Kier molecular flexibility index (Phi) is 3.15. The summed E-state index contributed by atoms with van der Waals surface area (Å²) in [5.74, 6) is 6.18. The molecular formula is C11H12FN5. The van der Waals surface area contributed by atoms with Crippen LogP contribution in [0.15, 0.2) is 36.7 Å². The van der Waals surface area contributed by atoms with Gasteiger partial charge in [-0.1, -0.05) is 0 Å². The van der Waals surface area contributed by atoms with E-state index >= 15 is 0 Å². The zero-order valence-electron chi connectivity index (χ0n) is 9.26. The maximum atomic E-state index is 12.8. The second-order valence-electron chi connectivity index (χ2n) is 3.44. The molecule has 1 aromatic heterocycles. The van der Waals surface area contributed by atoms with Crippen molar-refractivity contribution in [3.63, 3.8) is 0 Å². The number of aromatic nitrogens is 2. The highest BCUT2D eigenvalue weighted by atomic mass is 19.1. The molecule has 6 heteroatoms. The fraction of sp³-hybridized carbons (Fsp3) is 0.0909. The molecule has 0 spiro atoms. The van der Waals surface area contributed by atoms with Gasteiger partial charge in [0.2, 0.25) is 0 Å². The van der Waals surface area contributed by atoms with E-state index in [2.05, 4.69) is 15.4 Å². The van der Waals surface area contributed by atoms with Crippen LogP contribution in [0.1, 0.15) is 0 Å². The van der Waals surface area contributed by atoms with Gasteiger partial charge in [0.05, 0.1) is 0 Å². The molecule has 88 valence electrons. The summed E-state index contributed by atoms with van der Waals surface area (Å²) in [6.07, 6.45) is 1.41. The number of halogens is 1. The van der Waals surface area contributed by atoms with Crippen LogP contribution >= 0.6 is 0 Å². The van der Waals surface area contributed by atoms with E-state index < -0.39 is 0 Å².